The zero-order valence-electron chi connectivity index (χ0n) is 13.1. The fourth-order valence-corrected chi connectivity index (χ4v) is 5.08. The average Bonchev–Trinajstić information content (AvgIpc) is 2.98. The van der Waals surface area contributed by atoms with Crippen LogP contribution in [0.1, 0.15) is 31.2 Å². The summed E-state index contributed by atoms with van der Waals surface area (Å²) in [7, 11) is -6.90. The van der Waals surface area contributed by atoms with Crippen LogP contribution in [-0.4, -0.2) is 40.9 Å². The van der Waals surface area contributed by atoms with Crippen molar-refractivity contribution in [3.05, 3.63) is 35.9 Å². The van der Waals surface area contributed by atoms with Crippen LogP contribution in [0.3, 0.4) is 0 Å². The van der Waals surface area contributed by atoms with Crippen LogP contribution in [0, 0.1) is 0 Å². The van der Waals surface area contributed by atoms with Gasteiger partial charge in [-0.25, -0.2) is 26.3 Å². The van der Waals surface area contributed by atoms with E-state index in [1.165, 1.54) is 0 Å². The van der Waals surface area contributed by atoms with E-state index in [4.69, 9.17) is 0 Å². The van der Waals surface area contributed by atoms with Crippen molar-refractivity contribution in [3.63, 3.8) is 0 Å². The van der Waals surface area contributed by atoms with Gasteiger partial charge in [-0.3, -0.25) is 0 Å². The Kier molecular flexibility index (Phi) is 6.58. The van der Waals surface area contributed by atoms with Gasteiger partial charge in [0.2, 0.25) is 20.0 Å². The van der Waals surface area contributed by atoms with Crippen LogP contribution in [0.5, 0.6) is 0 Å². The van der Waals surface area contributed by atoms with Gasteiger partial charge < -0.3 is 0 Å². The minimum atomic E-state index is -3.47. The van der Waals surface area contributed by atoms with Crippen LogP contribution < -0.4 is 9.44 Å². The molecular weight excluding hydrogens is 336 g/mol. The van der Waals surface area contributed by atoms with Crippen molar-refractivity contribution in [1.82, 2.24) is 9.44 Å². The summed E-state index contributed by atoms with van der Waals surface area (Å²) < 4.78 is 52.6. The summed E-state index contributed by atoms with van der Waals surface area (Å²) in [5.74, 6) is -0.277. The smallest absolute Gasteiger partial charge is 0.213 e. The molecule has 23 heavy (non-hydrogen) atoms. The highest BCUT2D eigenvalue weighted by Crippen LogP contribution is 2.18. The Balaban J connectivity index is 1.73. The molecule has 0 aliphatic heterocycles. The summed E-state index contributed by atoms with van der Waals surface area (Å²) in [4.78, 5) is 0. The van der Waals surface area contributed by atoms with Crippen LogP contribution >= 0.6 is 0 Å². The summed E-state index contributed by atoms with van der Waals surface area (Å²) in [6, 6.07) is 9.33. The van der Waals surface area contributed by atoms with E-state index in [0.29, 0.717) is 6.42 Å². The van der Waals surface area contributed by atoms with Gasteiger partial charge in [0.25, 0.3) is 0 Å². The van der Waals surface area contributed by atoms with E-state index < -0.39 is 20.0 Å². The molecule has 0 saturated heterocycles. The molecular formula is C15H24N2O4S2. The molecule has 130 valence electrons. The maximum Gasteiger partial charge on any atom is 0.213 e. The Bertz CT molecular complexity index is 681. The van der Waals surface area contributed by atoms with Crippen molar-refractivity contribution in [2.75, 3.05) is 18.1 Å². The number of sulfonamides is 2. The lowest BCUT2D eigenvalue weighted by molar-refractivity contribution is 0.550. The van der Waals surface area contributed by atoms with Gasteiger partial charge in [-0.1, -0.05) is 43.2 Å². The van der Waals surface area contributed by atoms with Crippen molar-refractivity contribution >= 4 is 20.0 Å². The van der Waals surface area contributed by atoms with Crippen molar-refractivity contribution in [1.29, 1.82) is 0 Å². The minimum Gasteiger partial charge on any atom is -0.214 e. The first-order chi connectivity index (χ1) is 10.9. The SMILES string of the molecule is O=S(=O)(CCc1ccccc1)NCCS(=O)(=O)NC1CCCC1. The average molecular weight is 361 g/mol. The zero-order valence-corrected chi connectivity index (χ0v) is 14.7. The van der Waals surface area contributed by atoms with Crippen LogP contribution in [0.2, 0.25) is 0 Å². The third-order valence-corrected chi connectivity index (χ3v) is 6.72. The molecule has 0 spiro atoms. The van der Waals surface area contributed by atoms with E-state index in [1.807, 2.05) is 30.3 Å². The molecule has 1 aliphatic rings. The molecule has 2 N–H and O–H groups in total. The number of aryl methyl sites for hydroxylation is 1. The lowest BCUT2D eigenvalue weighted by atomic mass is 10.2. The third-order valence-electron chi connectivity index (χ3n) is 3.90. The maximum absolute atomic E-state index is 11.9. The minimum absolute atomic E-state index is 0.00897. The van der Waals surface area contributed by atoms with E-state index in [2.05, 4.69) is 9.44 Å². The summed E-state index contributed by atoms with van der Waals surface area (Å²) in [5.41, 5.74) is 0.938. The van der Waals surface area contributed by atoms with Crippen LogP contribution in [-0.2, 0) is 26.5 Å². The summed E-state index contributed by atoms with van der Waals surface area (Å²) >= 11 is 0. The van der Waals surface area contributed by atoms with Crippen LogP contribution in [0.4, 0.5) is 0 Å². The van der Waals surface area contributed by atoms with Gasteiger partial charge in [0.15, 0.2) is 0 Å². The van der Waals surface area contributed by atoms with Crippen molar-refractivity contribution in [2.45, 2.75) is 38.1 Å². The number of hydrogen-bond acceptors (Lipinski definition) is 4. The van der Waals surface area contributed by atoms with Crippen LogP contribution in [0.15, 0.2) is 30.3 Å². The second-order valence-corrected chi connectivity index (χ2v) is 9.67. The number of hydrogen-bond donors (Lipinski definition) is 2. The topological polar surface area (TPSA) is 92.3 Å². The van der Waals surface area contributed by atoms with Crippen molar-refractivity contribution < 1.29 is 16.8 Å². The van der Waals surface area contributed by atoms with Gasteiger partial charge in [-0.15, -0.1) is 0 Å². The summed E-state index contributed by atoms with van der Waals surface area (Å²) in [6.45, 7) is -0.0980. The number of benzene rings is 1. The van der Waals surface area contributed by atoms with Gasteiger partial charge in [0, 0.05) is 12.6 Å². The van der Waals surface area contributed by atoms with Gasteiger partial charge >= 0.3 is 0 Å². The first-order valence-corrected chi connectivity index (χ1v) is 11.2. The molecule has 0 heterocycles. The Morgan fingerprint density at radius 3 is 2.22 bits per heavy atom. The molecule has 0 radical (unpaired) electrons. The first-order valence-electron chi connectivity index (χ1n) is 7.88. The Morgan fingerprint density at radius 1 is 0.913 bits per heavy atom. The summed E-state index contributed by atoms with van der Waals surface area (Å²) in [5, 5.41) is 0. The first kappa shape index (κ1) is 18.4. The molecule has 1 saturated carbocycles. The van der Waals surface area contributed by atoms with E-state index in [9.17, 15) is 16.8 Å². The molecule has 1 aromatic rings. The zero-order chi connectivity index (χ0) is 16.8. The molecule has 0 amide bonds. The van der Waals surface area contributed by atoms with Gasteiger partial charge in [-0.2, -0.15) is 0 Å². The second kappa shape index (κ2) is 8.23. The standard InChI is InChI=1S/C15H24N2O4S2/c18-22(19,12-10-14-6-2-1-3-7-14)16-11-13-23(20,21)17-15-8-4-5-9-15/h1-3,6-7,15-17H,4-5,8-13H2. The Hall–Kier alpha value is -0.960. The molecule has 0 bridgehead atoms. The molecule has 6 nitrogen and oxygen atoms in total. The molecule has 1 fully saturated rings. The largest absolute Gasteiger partial charge is 0.214 e. The van der Waals surface area contributed by atoms with E-state index in [0.717, 1.165) is 31.2 Å². The van der Waals surface area contributed by atoms with Crippen molar-refractivity contribution in [2.24, 2.45) is 0 Å². The van der Waals surface area contributed by atoms with Gasteiger partial charge in [0.05, 0.1) is 11.5 Å². The molecule has 1 aromatic carbocycles. The molecule has 1 aliphatic carbocycles. The lowest BCUT2D eigenvalue weighted by Crippen LogP contribution is -2.39. The fraction of sp³-hybridized carbons (Fsp3) is 0.600. The Labute approximate surface area is 138 Å². The van der Waals surface area contributed by atoms with Crippen molar-refractivity contribution in [3.8, 4) is 0 Å². The fourth-order valence-electron chi connectivity index (χ4n) is 2.66. The molecule has 0 atom stereocenters. The summed E-state index contributed by atoms with van der Waals surface area (Å²) in [6.07, 6.45) is 4.21. The highest BCUT2D eigenvalue weighted by Gasteiger charge is 2.21. The van der Waals surface area contributed by atoms with E-state index in [-0.39, 0.29) is 24.1 Å². The number of nitrogens with one attached hydrogen (secondary N) is 2. The van der Waals surface area contributed by atoms with E-state index in [1.54, 1.807) is 0 Å². The number of rotatable bonds is 9. The van der Waals surface area contributed by atoms with Gasteiger partial charge in [-0.05, 0) is 24.8 Å². The normalized spacial score (nSPS) is 16.7. The second-order valence-electron chi connectivity index (χ2n) is 5.87. The van der Waals surface area contributed by atoms with Crippen LogP contribution in [0.25, 0.3) is 0 Å². The monoisotopic (exact) mass is 360 g/mol. The lowest BCUT2D eigenvalue weighted by Gasteiger charge is -2.13. The molecule has 2 rings (SSSR count). The predicted molar refractivity (Wildman–Crippen MR) is 91.1 cm³/mol. The predicted octanol–water partition coefficient (Wildman–Crippen LogP) is 1.01. The molecule has 0 unspecified atom stereocenters. The molecule has 8 heteroatoms. The van der Waals surface area contributed by atoms with E-state index >= 15 is 0 Å². The van der Waals surface area contributed by atoms with Gasteiger partial charge in [0.1, 0.15) is 0 Å². The molecule has 0 aromatic heterocycles. The highest BCUT2D eigenvalue weighted by atomic mass is 32.2. The Morgan fingerprint density at radius 2 is 1.57 bits per heavy atom. The third kappa shape index (κ3) is 6.99. The highest BCUT2D eigenvalue weighted by molar-refractivity contribution is 7.90. The quantitative estimate of drug-likeness (QED) is 0.687. The maximum atomic E-state index is 11.9.